The minimum absolute atomic E-state index is 0.0570. The number of anilines is 1. The molecule has 0 bridgehead atoms. The van der Waals surface area contributed by atoms with Gasteiger partial charge >= 0.3 is 0 Å². The number of halogens is 1. The van der Waals surface area contributed by atoms with E-state index in [2.05, 4.69) is 4.90 Å². The highest BCUT2D eigenvalue weighted by Gasteiger charge is 2.34. The van der Waals surface area contributed by atoms with Gasteiger partial charge in [-0.25, -0.2) is 4.98 Å². The van der Waals surface area contributed by atoms with Gasteiger partial charge in [-0.05, 0) is 36.6 Å². The summed E-state index contributed by atoms with van der Waals surface area (Å²) in [5.41, 5.74) is 4.29. The average molecular weight is 335 g/mol. The number of nitrogens with zero attached hydrogens (tertiary/aromatic N) is 2. The number of hydrogen-bond donors (Lipinski definition) is 0. The Bertz CT molecular complexity index is 1010. The molecule has 5 rings (SSSR count). The standard InChI is InChI=1S/C20H15ClN2O/c21-12-7-8-13-15(11-12)19(24)17-14-5-1-2-6-16(14)22-20(18(13)17)23-9-3-4-10-23/h1-2,5-8,11H,3-4,9-10H2. The molecule has 1 fully saturated rings. The Morgan fingerprint density at radius 2 is 1.75 bits per heavy atom. The van der Waals surface area contributed by atoms with E-state index in [1.807, 2.05) is 36.4 Å². The molecule has 2 aliphatic rings. The molecular weight excluding hydrogens is 320 g/mol. The van der Waals surface area contributed by atoms with Crippen LogP contribution in [0.15, 0.2) is 42.5 Å². The fourth-order valence-corrected chi connectivity index (χ4v) is 4.08. The lowest BCUT2D eigenvalue weighted by atomic mass is 10.0. The summed E-state index contributed by atoms with van der Waals surface area (Å²) in [6.45, 7) is 1.99. The van der Waals surface area contributed by atoms with Crippen molar-refractivity contribution in [3.63, 3.8) is 0 Å². The van der Waals surface area contributed by atoms with Crippen LogP contribution in [0.2, 0.25) is 5.02 Å². The van der Waals surface area contributed by atoms with Gasteiger partial charge in [0.15, 0.2) is 5.78 Å². The summed E-state index contributed by atoms with van der Waals surface area (Å²) >= 11 is 6.14. The molecule has 0 unspecified atom stereocenters. The zero-order valence-electron chi connectivity index (χ0n) is 13.1. The van der Waals surface area contributed by atoms with Crippen molar-refractivity contribution in [3.8, 4) is 11.1 Å². The summed E-state index contributed by atoms with van der Waals surface area (Å²) < 4.78 is 0. The molecule has 0 N–H and O–H groups in total. The van der Waals surface area contributed by atoms with Crippen LogP contribution in [0.25, 0.3) is 22.0 Å². The topological polar surface area (TPSA) is 33.2 Å². The Labute approximate surface area is 144 Å². The second-order valence-corrected chi connectivity index (χ2v) is 6.85. The first kappa shape index (κ1) is 14.0. The van der Waals surface area contributed by atoms with Gasteiger partial charge in [0, 0.05) is 40.2 Å². The van der Waals surface area contributed by atoms with Gasteiger partial charge in [-0.1, -0.05) is 35.9 Å². The Morgan fingerprint density at radius 1 is 0.958 bits per heavy atom. The van der Waals surface area contributed by atoms with Crippen LogP contribution < -0.4 is 4.90 Å². The lowest BCUT2D eigenvalue weighted by Crippen LogP contribution is -2.20. The highest BCUT2D eigenvalue weighted by atomic mass is 35.5. The molecule has 3 aromatic rings. The number of hydrogen-bond acceptors (Lipinski definition) is 3. The van der Waals surface area contributed by atoms with Crippen molar-refractivity contribution in [1.82, 2.24) is 4.98 Å². The third kappa shape index (κ3) is 1.85. The number of aromatic nitrogens is 1. The van der Waals surface area contributed by atoms with E-state index in [1.54, 1.807) is 6.07 Å². The van der Waals surface area contributed by atoms with Crippen molar-refractivity contribution in [3.05, 3.63) is 58.6 Å². The first-order valence-electron chi connectivity index (χ1n) is 8.26. The summed E-state index contributed by atoms with van der Waals surface area (Å²) in [6, 6.07) is 13.5. The van der Waals surface area contributed by atoms with Crippen molar-refractivity contribution in [2.45, 2.75) is 12.8 Å². The third-order valence-electron chi connectivity index (χ3n) is 5.00. The first-order valence-corrected chi connectivity index (χ1v) is 8.64. The molecule has 0 atom stereocenters. The summed E-state index contributed by atoms with van der Waals surface area (Å²) in [6.07, 6.45) is 2.34. The quantitative estimate of drug-likeness (QED) is 0.506. The van der Waals surface area contributed by atoms with Crippen LogP contribution in [0.5, 0.6) is 0 Å². The SMILES string of the molecule is O=C1c2cc(Cl)ccc2-c2c(N3CCCC3)nc3ccccc3c21. The van der Waals surface area contributed by atoms with Gasteiger partial charge in [-0.3, -0.25) is 4.79 Å². The third-order valence-corrected chi connectivity index (χ3v) is 5.24. The Balaban J connectivity index is 1.90. The summed E-state index contributed by atoms with van der Waals surface area (Å²) in [5.74, 6) is 0.997. The fraction of sp³-hybridized carbons (Fsp3) is 0.200. The molecule has 1 aliphatic carbocycles. The number of rotatable bonds is 1. The Kier molecular flexibility index (Phi) is 2.95. The largest absolute Gasteiger partial charge is 0.356 e. The molecule has 0 amide bonds. The maximum Gasteiger partial charge on any atom is 0.195 e. The second kappa shape index (κ2) is 5.05. The summed E-state index contributed by atoms with van der Waals surface area (Å²) in [7, 11) is 0. The average Bonchev–Trinajstić information content (AvgIpc) is 3.22. The van der Waals surface area contributed by atoms with Crippen molar-refractivity contribution in [2.75, 3.05) is 18.0 Å². The minimum Gasteiger partial charge on any atom is -0.356 e. The molecule has 1 aliphatic heterocycles. The molecule has 1 saturated heterocycles. The molecule has 0 saturated carbocycles. The number of ketones is 1. The van der Waals surface area contributed by atoms with Crippen LogP contribution in [-0.2, 0) is 0 Å². The van der Waals surface area contributed by atoms with Gasteiger partial charge in [-0.2, -0.15) is 0 Å². The van der Waals surface area contributed by atoms with Crippen LogP contribution in [0.4, 0.5) is 5.82 Å². The van der Waals surface area contributed by atoms with E-state index < -0.39 is 0 Å². The van der Waals surface area contributed by atoms with Crippen molar-refractivity contribution in [1.29, 1.82) is 0 Å². The minimum atomic E-state index is 0.0570. The highest BCUT2D eigenvalue weighted by Crippen LogP contribution is 2.46. The molecule has 1 aromatic heterocycles. The van der Waals surface area contributed by atoms with Crippen molar-refractivity contribution < 1.29 is 4.79 Å². The predicted octanol–water partition coefficient (Wildman–Crippen LogP) is 4.70. The molecule has 3 nitrogen and oxygen atoms in total. The second-order valence-electron chi connectivity index (χ2n) is 6.42. The number of carbonyl (C=O) groups excluding carboxylic acids is 1. The lowest BCUT2D eigenvalue weighted by molar-refractivity contribution is 0.104. The molecule has 0 radical (unpaired) electrons. The van der Waals surface area contributed by atoms with Gasteiger partial charge in [0.2, 0.25) is 0 Å². The maximum absolute atomic E-state index is 13.1. The van der Waals surface area contributed by atoms with Crippen molar-refractivity contribution >= 4 is 34.1 Å². The van der Waals surface area contributed by atoms with Gasteiger partial charge in [-0.15, -0.1) is 0 Å². The monoisotopic (exact) mass is 334 g/mol. The Hall–Kier alpha value is -2.39. The van der Waals surface area contributed by atoms with E-state index in [-0.39, 0.29) is 5.78 Å². The van der Waals surface area contributed by atoms with E-state index in [9.17, 15) is 4.79 Å². The van der Waals surface area contributed by atoms with Gasteiger partial charge < -0.3 is 4.90 Å². The maximum atomic E-state index is 13.1. The van der Waals surface area contributed by atoms with E-state index in [0.717, 1.165) is 46.5 Å². The van der Waals surface area contributed by atoms with Gasteiger partial charge in [0.05, 0.1) is 5.52 Å². The van der Waals surface area contributed by atoms with E-state index in [0.29, 0.717) is 10.6 Å². The van der Waals surface area contributed by atoms with E-state index >= 15 is 0 Å². The number of para-hydroxylation sites is 1. The highest BCUT2D eigenvalue weighted by molar-refractivity contribution is 6.33. The molecule has 24 heavy (non-hydrogen) atoms. The fourth-order valence-electron chi connectivity index (χ4n) is 3.90. The summed E-state index contributed by atoms with van der Waals surface area (Å²) in [5, 5.41) is 1.52. The zero-order chi connectivity index (χ0) is 16.3. The molecule has 4 heteroatoms. The van der Waals surface area contributed by atoms with Gasteiger partial charge in [0.1, 0.15) is 5.82 Å². The van der Waals surface area contributed by atoms with Crippen molar-refractivity contribution in [2.24, 2.45) is 0 Å². The molecule has 2 heterocycles. The van der Waals surface area contributed by atoms with Gasteiger partial charge in [0.25, 0.3) is 0 Å². The van der Waals surface area contributed by atoms with Crippen LogP contribution in [0, 0.1) is 0 Å². The number of benzene rings is 2. The lowest BCUT2D eigenvalue weighted by Gasteiger charge is -2.21. The Morgan fingerprint density at radius 3 is 2.58 bits per heavy atom. The van der Waals surface area contributed by atoms with E-state index in [4.69, 9.17) is 16.6 Å². The molecule has 118 valence electrons. The smallest absolute Gasteiger partial charge is 0.195 e. The first-order chi connectivity index (χ1) is 11.7. The predicted molar refractivity (Wildman–Crippen MR) is 97.1 cm³/mol. The van der Waals surface area contributed by atoms with Crippen LogP contribution in [-0.4, -0.2) is 23.9 Å². The number of fused-ring (bicyclic) bond motifs is 5. The van der Waals surface area contributed by atoms with Crippen LogP contribution >= 0.6 is 11.6 Å². The number of pyridine rings is 1. The normalized spacial score (nSPS) is 15.9. The summed E-state index contributed by atoms with van der Waals surface area (Å²) in [4.78, 5) is 20.3. The molecule has 2 aromatic carbocycles. The molecular formula is C20H15ClN2O. The van der Waals surface area contributed by atoms with E-state index in [1.165, 1.54) is 12.8 Å². The van der Waals surface area contributed by atoms with Crippen LogP contribution in [0.3, 0.4) is 0 Å². The number of carbonyl (C=O) groups is 1. The van der Waals surface area contributed by atoms with Crippen LogP contribution in [0.1, 0.15) is 28.8 Å². The zero-order valence-corrected chi connectivity index (χ0v) is 13.8. The molecule has 0 spiro atoms.